The molecule has 50 heavy (non-hydrogen) atoms. The van der Waals surface area contributed by atoms with E-state index in [2.05, 4.69) is 185 Å². The van der Waals surface area contributed by atoms with E-state index in [1.807, 2.05) is 0 Å². The van der Waals surface area contributed by atoms with Gasteiger partial charge < -0.3 is 4.57 Å². The molecule has 2 heterocycles. The second-order valence-corrected chi connectivity index (χ2v) is 13.2. The van der Waals surface area contributed by atoms with Gasteiger partial charge in [0.25, 0.3) is 0 Å². The summed E-state index contributed by atoms with van der Waals surface area (Å²) in [6, 6.07) is 63.5. The molecule has 0 spiro atoms. The van der Waals surface area contributed by atoms with E-state index in [9.17, 15) is 0 Å². The molecule has 0 aliphatic heterocycles. The van der Waals surface area contributed by atoms with Crippen molar-refractivity contribution in [1.82, 2.24) is 14.1 Å². The SMILES string of the molecule is c1ccc(-n2c(-c3cccc(-c4ccc(-n5c6ccccc6c6c7cccc8c7c(cc65)-c5ccccc5-8)cc4)c3)nc3ccccc32)cc1. The molecule has 8 aromatic carbocycles. The predicted octanol–water partition coefficient (Wildman–Crippen LogP) is 12.3. The third kappa shape index (κ3) is 3.83. The van der Waals surface area contributed by atoms with E-state index in [-0.39, 0.29) is 0 Å². The Balaban J connectivity index is 1.06. The van der Waals surface area contributed by atoms with Crippen LogP contribution in [0.25, 0.3) is 99.8 Å². The molecule has 1 aliphatic carbocycles. The maximum absolute atomic E-state index is 5.11. The van der Waals surface area contributed by atoms with Gasteiger partial charge in [-0.25, -0.2) is 4.98 Å². The van der Waals surface area contributed by atoms with Crippen LogP contribution in [0.3, 0.4) is 0 Å². The van der Waals surface area contributed by atoms with Crippen molar-refractivity contribution in [3.8, 4) is 56.1 Å². The molecular weight excluding hydrogens is 607 g/mol. The average Bonchev–Trinajstić information content (AvgIpc) is 3.85. The lowest BCUT2D eigenvalue weighted by Crippen LogP contribution is -1.97. The Kier molecular flexibility index (Phi) is 5.67. The molecule has 0 radical (unpaired) electrons. The summed E-state index contributed by atoms with van der Waals surface area (Å²) < 4.78 is 4.70. The Bertz CT molecular complexity index is 2960. The van der Waals surface area contributed by atoms with Gasteiger partial charge in [0.15, 0.2) is 0 Å². The zero-order valence-electron chi connectivity index (χ0n) is 27.1. The standard InChI is InChI=1S/C47H29N3/c1-2-14-33(15-3-1)50-43-23-9-7-21-41(43)48-47(50)32-13-10-12-31(28-32)30-24-26-34(27-25-30)49-42-22-8-6-18-38(42)46-39-20-11-19-37-35-16-4-5-17-36(35)40(45(37)39)29-44(46)49/h1-29H. The lowest BCUT2D eigenvalue weighted by molar-refractivity contribution is 1.10. The molecule has 11 rings (SSSR count). The van der Waals surface area contributed by atoms with Crippen LogP contribution in [0.15, 0.2) is 176 Å². The average molecular weight is 636 g/mol. The Morgan fingerprint density at radius 2 is 0.980 bits per heavy atom. The summed E-state index contributed by atoms with van der Waals surface area (Å²) in [5, 5.41) is 5.27. The van der Waals surface area contributed by atoms with Crippen LogP contribution < -0.4 is 0 Å². The fourth-order valence-electron chi connectivity index (χ4n) is 8.31. The Labute approximate surface area is 288 Å². The number of fused-ring (bicyclic) bond motifs is 8. The Morgan fingerprint density at radius 1 is 0.340 bits per heavy atom. The summed E-state index contributed by atoms with van der Waals surface area (Å²) in [5.41, 5.74) is 15.5. The van der Waals surface area contributed by atoms with Gasteiger partial charge in [-0.15, -0.1) is 0 Å². The molecular formula is C47H29N3. The summed E-state index contributed by atoms with van der Waals surface area (Å²) in [7, 11) is 0. The second-order valence-electron chi connectivity index (χ2n) is 13.2. The highest BCUT2D eigenvalue weighted by atomic mass is 15.1. The normalized spacial score (nSPS) is 12.0. The number of benzene rings is 8. The molecule has 0 amide bonds. The molecule has 0 atom stereocenters. The van der Waals surface area contributed by atoms with Crippen LogP contribution in [0.2, 0.25) is 0 Å². The van der Waals surface area contributed by atoms with Crippen LogP contribution in [-0.2, 0) is 0 Å². The van der Waals surface area contributed by atoms with E-state index in [1.54, 1.807) is 0 Å². The van der Waals surface area contributed by atoms with Crippen molar-refractivity contribution in [2.45, 2.75) is 0 Å². The van der Waals surface area contributed by atoms with Gasteiger partial charge in [-0.05, 0) is 98.8 Å². The highest BCUT2D eigenvalue weighted by Crippen LogP contribution is 2.51. The first-order valence-electron chi connectivity index (χ1n) is 17.1. The van der Waals surface area contributed by atoms with Crippen LogP contribution in [-0.4, -0.2) is 14.1 Å². The number of para-hydroxylation sites is 4. The van der Waals surface area contributed by atoms with Gasteiger partial charge in [0, 0.05) is 27.7 Å². The zero-order valence-corrected chi connectivity index (χ0v) is 27.1. The second kappa shape index (κ2) is 10.4. The fraction of sp³-hybridized carbons (Fsp3) is 0. The third-order valence-corrected chi connectivity index (χ3v) is 10.5. The molecule has 0 unspecified atom stereocenters. The van der Waals surface area contributed by atoms with E-state index in [4.69, 9.17) is 4.98 Å². The topological polar surface area (TPSA) is 22.8 Å². The van der Waals surface area contributed by atoms with E-state index in [1.165, 1.54) is 60.4 Å². The highest BCUT2D eigenvalue weighted by Gasteiger charge is 2.25. The summed E-state index contributed by atoms with van der Waals surface area (Å²) in [6.45, 7) is 0. The van der Waals surface area contributed by atoms with Gasteiger partial charge in [0.2, 0.25) is 0 Å². The maximum atomic E-state index is 5.11. The maximum Gasteiger partial charge on any atom is 0.145 e. The third-order valence-electron chi connectivity index (χ3n) is 10.5. The molecule has 1 aliphatic rings. The van der Waals surface area contributed by atoms with Crippen LogP contribution >= 0.6 is 0 Å². The number of imidazole rings is 1. The number of aromatic nitrogens is 3. The van der Waals surface area contributed by atoms with Crippen molar-refractivity contribution < 1.29 is 0 Å². The lowest BCUT2D eigenvalue weighted by Gasteiger charge is -2.12. The summed E-state index contributed by atoms with van der Waals surface area (Å²) in [5.74, 6) is 0.936. The van der Waals surface area contributed by atoms with Crippen molar-refractivity contribution in [3.63, 3.8) is 0 Å². The van der Waals surface area contributed by atoms with Crippen molar-refractivity contribution >= 4 is 43.6 Å². The van der Waals surface area contributed by atoms with Crippen molar-refractivity contribution in [1.29, 1.82) is 0 Å². The molecule has 2 aromatic heterocycles. The lowest BCUT2D eigenvalue weighted by atomic mass is 9.98. The molecule has 0 N–H and O–H groups in total. The molecule has 10 aromatic rings. The van der Waals surface area contributed by atoms with Gasteiger partial charge >= 0.3 is 0 Å². The van der Waals surface area contributed by atoms with Crippen LogP contribution in [0.4, 0.5) is 0 Å². The fourth-order valence-corrected chi connectivity index (χ4v) is 8.31. The van der Waals surface area contributed by atoms with Gasteiger partial charge in [0.1, 0.15) is 5.82 Å². The monoisotopic (exact) mass is 635 g/mol. The first-order chi connectivity index (χ1) is 24.8. The van der Waals surface area contributed by atoms with E-state index in [0.29, 0.717) is 0 Å². The Morgan fingerprint density at radius 3 is 1.84 bits per heavy atom. The minimum atomic E-state index is 0.936. The molecule has 0 fully saturated rings. The summed E-state index contributed by atoms with van der Waals surface area (Å²) in [4.78, 5) is 5.11. The van der Waals surface area contributed by atoms with Crippen molar-refractivity contribution in [2.24, 2.45) is 0 Å². The van der Waals surface area contributed by atoms with Crippen molar-refractivity contribution in [3.05, 3.63) is 176 Å². The summed E-state index contributed by atoms with van der Waals surface area (Å²) in [6.07, 6.45) is 0. The van der Waals surface area contributed by atoms with Crippen molar-refractivity contribution in [2.75, 3.05) is 0 Å². The number of hydrogen-bond donors (Lipinski definition) is 0. The molecule has 0 saturated heterocycles. The van der Waals surface area contributed by atoms with Gasteiger partial charge in [0.05, 0.1) is 22.1 Å². The molecule has 232 valence electrons. The first kappa shape index (κ1) is 27.3. The van der Waals surface area contributed by atoms with Crippen LogP contribution in [0.1, 0.15) is 0 Å². The minimum absolute atomic E-state index is 0.936. The largest absolute Gasteiger partial charge is 0.309 e. The smallest absolute Gasteiger partial charge is 0.145 e. The molecule has 0 saturated carbocycles. The zero-order chi connectivity index (χ0) is 32.8. The minimum Gasteiger partial charge on any atom is -0.309 e. The molecule has 0 bridgehead atoms. The van der Waals surface area contributed by atoms with Crippen LogP contribution in [0.5, 0.6) is 0 Å². The van der Waals surface area contributed by atoms with Crippen LogP contribution in [0, 0.1) is 0 Å². The van der Waals surface area contributed by atoms with E-state index >= 15 is 0 Å². The van der Waals surface area contributed by atoms with E-state index in [0.717, 1.165) is 39.4 Å². The molecule has 3 nitrogen and oxygen atoms in total. The number of nitrogens with zero attached hydrogens (tertiary/aromatic N) is 3. The predicted molar refractivity (Wildman–Crippen MR) is 208 cm³/mol. The summed E-state index contributed by atoms with van der Waals surface area (Å²) >= 11 is 0. The van der Waals surface area contributed by atoms with Gasteiger partial charge in [-0.2, -0.15) is 0 Å². The first-order valence-corrected chi connectivity index (χ1v) is 17.1. The van der Waals surface area contributed by atoms with Gasteiger partial charge in [-0.1, -0.05) is 121 Å². The quantitative estimate of drug-likeness (QED) is 0.189. The number of hydrogen-bond acceptors (Lipinski definition) is 1. The van der Waals surface area contributed by atoms with E-state index < -0.39 is 0 Å². The highest BCUT2D eigenvalue weighted by molar-refractivity contribution is 6.29. The Hall–Kier alpha value is -6.71. The van der Waals surface area contributed by atoms with Gasteiger partial charge in [-0.3, -0.25) is 4.57 Å². The number of rotatable bonds is 4. The molecule has 3 heteroatoms.